The van der Waals surface area contributed by atoms with Gasteiger partial charge in [-0.3, -0.25) is 4.79 Å². The van der Waals surface area contributed by atoms with Gasteiger partial charge in [-0.15, -0.1) is 0 Å². The lowest BCUT2D eigenvalue weighted by Crippen LogP contribution is -2.08. The maximum atomic E-state index is 11.1. The minimum atomic E-state index is -0.00870. The van der Waals surface area contributed by atoms with Gasteiger partial charge in [0.05, 0.1) is 0 Å². The molecule has 0 aliphatic heterocycles. The Hall–Kier alpha value is -1.57. The van der Waals surface area contributed by atoms with Gasteiger partial charge >= 0.3 is 0 Å². The average molecular weight is 201 g/mol. The highest BCUT2D eigenvalue weighted by Crippen LogP contribution is 2.34. The number of hydrogen-bond acceptors (Lipinski definition) is 1. The molecule has 78 valence electrons. The number of benzene rings is 1. The quantitative estimate of drug-likeness (QED) is 0.743. The number of allylic oxidation sites excluding steroid dienone is 2. The fourth-order valence-electron chi connectivity index (χ4n) is 2.19. The SMILES string of the molecule is CC(=O)Nc1ccc(C)c2c1CC=C2C. The molecule has 2 nitrogen and oxygen atoms in total. The molecule has 1 aliphatic carbocycles. The van der Waals surface area contributed by atoms with Crippen molar-refractivity contribution < 1.29 is 4.79 Å². The summed E-state index contributed by atoms with van der Waals surface area (Å²) in [6.07, 6.45) is 3.14. The Morgan fingerprint density at radius 3 is 2.73 bits per heavy atom. The monoisotopic (exact) mass is 201 g/mol. The predicted molar refractivity (Wildman–Crippen MR) is 62.8 cm³/mol. The first-order valence-corrected chi connectivity index (χ1v) is 5.17. The first-order valence-electron chi connectivity index (χ1n) is 5.17. The van der Waals surface area contributed by atoms with Crippen LogP contribution in [-0.4, -0.2) is 5.91 Å². The molecule has 1 N–H and O–H groups in total. The summed E-state index contributed by atoms with van der Waals surface area (Å²) < 4.78 is 0. The van der Waals surface area contributed by atoms with E-state index in [1.54, 1.807) is 6.92 Å². The summed E-state index contributed by atoms with van der Waals surface area (Å²) in [6.45, 7) is 5.77. The van der Waals surface area contributed by atoms with Crippen molar-refractivity contribution in [2.45, 2.75) is 27.2 Å². The first-order chi connectivity index (χ1) is 7.09. The molecule has 15 heavy (non-hydrogen) atoms. The molecular weight excluding hydrogens is 186 g/mol. The summed E-state index contributed by atoms with van der Waals surface area (Å²) in [5, 5.41) is 2.88. The number of carbonyl (C=O) groups is 1. The van der Waals surface area contributed by atoms with Crippen molar-refractivity contribution in [2.24, 2.45) is 0 Å². The lowest BCUT2D eigenvalue weighted by atomic mass is 9.99. The van der Waals surface area contributed by atoms with E-state index in [9.17, 15) is 4.79 Å². The van der Waals surface area contributed by atoms with E-state index in [0.29, 0.717) is 0 Å². The molecule has 1 aromatic carbocycles. The number of nitrogens with one attached hydrogen (secondary N) is 1. The Kier molecular flexibility index (Phi) is 2.35. The van der Waals surface area contributed by atoms with E-state index in [0.717, 1.165) is 12.1 Å². The van der Waals surface area contributed by atoms with Crippen LogP contribution in [0.5, 0.6) is 0 Å². The van der Waals surface area contributed by atoms with Gasteiger partial charge in [0.2, 0.25) is 5.91 Å². The maximum absolute atomic E-state index is 11.1. The van der Waals surface area contributed by atoms with Gasteiger partial charge in [0.15, 0.2) is 0 Å². The average Bonchev–Trinajstić information content (AvgIpc) is 2.53. The summed E-state index contributed by atoms with van der Waals surface area (Å²) in [7, 11) is 0. The zero-order valence-electron chi connectivity index (χ0n) is 9.35. The predicted octanol–water partition coefficient (Wildman–Crippen LogP) is 2.91. The molecule has 1 aromatic rings. The second-order valence-electron chi connectivity index (χ2n) is 4.06. The number of rotatable bonds is 1. The van der Waals surface area contributed by atoms with E-state index in [1.807, 2.05) is 6.07 Å². The van der Waals surface area contributed by atoms with Gasteiger partial charge in [-0.2, -0.15) is 0 Å². The Bertz CT molecular complexity index is 458. The van der Waals surface area contributed by atoms with E-state index in [2.05, 4.69) is 31.3 Å². The van der Waals surface area contributed by atoms with Crippen LogP contribution >= 0.6 is 0 Å². The Balaban J connectivity index is 2.50. The van der Waals surface area contributed by atoms with E-state index in [4.69, 9.17) is 0 Å². The molecule has 0 heterocycles. The van der Waals surface area contributed by atoms with Gasteiger partial charge in [0.25, 0.3) is 0 Å². The molecule has 1 amide bonds. The third kappa shape index (κ3) is 1.67. The standard InChI is InChI=1S/C13H15NO/c1-8-4-6-11-12(14-10(3)15)7-5-9(2)13(8)11/h4-5,7H,6H2,1-3H3,(H,14,15). The van der Waals surface area contributed by atoms with Gasteiger partial charge in [-0.25, -0.2) is 0 Å². The van der Waals surface area contributed by atoms with E-state index < -0.39 is 0 Å². The van der Waals surface area contributed by atoms with Crippen LogP contribution in [0.3, 0.4) is 0 Å². The van der Waals surface area contributed by atoms with Crippen molar-refractivity contribution in [1.82, 2.24) is 0 Å². The number of hydrogen-bond donors (Lipinski definition) is 1. The molecule has 0 saturated heterocycles. The van der Waals surface area contributed by atoms with Gasteiger partial charge in [-0.1, -0.05) is 12.1 Å². The zero-order valence-corrected chi connectivity index (χ0v) is 9.35. The molecule has 2 heteroatoms. The Labute approximate surface area is 90.0 Å². The Morgan fingerprint density at radius 1 is 1.33 bits per heavy atom. The second kappa shape index (κ2) is 3.54. The van der Waals surface area contributed by atoms with Crippen LogP contribution in [0.2, 0.25) is 0 Å². The van der Waals surface area contributed by atoms with Crippen LogP contribution in [0, 0.1) is 6.92 Å². The lowest BCUT2D eigenvalue weighted by Gasteiger charge is -2.12. The molecular formula is C13H15NO. The summed E-state index contributed by atoms with van der Waals surface area (Å²) in [5.74, 6) is -0.00870. The summed E-state index contributed by atoms with van der Waals surface area (Å²) in [6, 6.07) is 4.05. The molecule has 1 aliphatic rings. The molecule has 0 bridgehead atoms. The number of aryl methyl sites for hydroxylation is 1. The van der Waals surface area contributed by atoms with E-state index >= 15 is 0 Å². The maximum Gasteiger partial charge on any atom is 0.221 e. The molecule has 2 rings (SSSR count). The van der Waals surface area contributed by atoms with Crippen LogP contribution in [0.15, 0.2) is 18.2 Å². The normalized spacial score (nSPS) is 13.4. The van der Waals surface area contributed by atoms with Crippen LogP contribution < -0.4 is 5.32 Å². The van der Waals surface area contributed by atoms with E-state index in [-0.39, 0.29) is 5.91 Å². The van der Waals surface area contributed by atoms with Gasteiger partial charge < -0.3 is 5.32 Å². The topological polar surface area (TPSA) is 29.1 Å². The smallest absolute Gasteiger partial charge is 0.221 e. The highest BCUT2D eigenvalue weighted by Gasteiger charge is 2.17. The van der Waals surface area contributed by atoms with Crippen LogP contribution in [0.25, 0.3) is 5.57 Å². The van der Waals surface area contributed by atoms with Crippen LogP contribution in [0.4, 0.5) is 5.69 Å². The molecule has 0 atom stereocenters. The van der Waals surface area contributed by atoms with Crippen molar-refractivity contribution in [3.8, 4) is 0 Å². The van der Waals surface area contributed by atoms with Crippen molar-refractivity contribution in [3.05, 3.63) is 34.9 Å². The molecule has 0 saturated carbocycles. The Morgan fingerprint density at radius 2 is 2.07 bits per heavy atom. The second-order valence-corrected chi connectivity index (χ2v) is 4.06. The molecule has 0 radical (unpaired) electrons. The number of fused-ring (bicyclic) bond motifs is 1. The van der Waals surface area contributed by atoms with Gasteiger partial charge in [-0.05, 0) is 48.6 Å². The molecule has 0 aromatic heterocycles. The van der Waals surface area contributed by atoms with E-state index in [1.165, 1.54) is 22.3 Å². The number of carbonyl (C=O) groups excluding carboxylic acids is 1. The van der Waals surface area contributed by atoms with Crippen molar-refractivity contribution in [2.75, 3.05) is 5.32 Å². The zero-order chi connectivity index (χ0) is 11.0. The summed E-state index contributed by atoms with van der Waals surface area (Å²) in [4.78, 5) is 11.1. The fraction of sp³-hybridized carbons (Fsp3) is 0.308. The summed E-state index contributed by atoms with van der Waals surface area (Å²) in [5.41, 5.74) is 6.11. The highest BCUT2D eigenvalue weighted by atomic mass is 16.1. The van der Waals surface area contributed by atoms with Crippen molar-refractivity contribution in [3.63, 3.8) is 0 Å². The first kappa shape index (κ1) is 9.97. The highest BCUT2D eigenvalue weighted by molar-refractivity contribution is 5.92. The van der Waals surface area contributed by atoms with Crippen LogP contribution in [-0.2, 0) is 11.2 Å². The van der Waals surface area contributed by atoms with Crippen molar-refractivity contribution >= 4 is 17.2 Å². The van der Waals surface area contributed by atoms with Gasteiger partial charge in [0, 0.05) is 12.6 Å². The third-order valence-electron chi connectivity index (χ3n) is 2.84. The lowest BCUT2D eigenvalue weighted by molar-refractivity contribution is -0.114. The molecule has 0 fully saturated rings. The van der Waals surface area contributed by atoms with Crippen molar-refractivity contribution in [1.29, 1.82) is 0 Å². The largest absolute Gasteiger partial charge is 0.326 e. The summed E-state index contributed by atoms with van der Waals surface area (Å²) >= 11 is 0. The van der Waals surface area contributed by atoms with Gasteiger partial charge in [0.1, 0.15) is 0 Å². The number of amides is 1. The number of anilines is 1. The van der Waals surface area contributed by atoms with Crippen LogP contribution in [0.1, 0.15) is 30.5 Å². The third-order valence-corrected chi connectivity index (χ3v) is 2.84. The molecule has 0 unspecified atom stereocenters. The minimum absolute atomic E-state index is 0.00870. The minimum Gasteiger partial charge on any atom is -0.326 e. The fourth-order valence-corrected chi connectivity index (χ4v) is 2.19. The molecule has 0 spiro atoms.